The average Bonchev–Trinajstić information content (AvgIpc) is 3.52. The Hall–Kier alpha value is -5.31. The Bertz CT molecular complexity index is 1620. The van der Waals surface area contributed by atoms with E-state index in [-0.39, 0.29) is 34.7 Å². The number of rotatable bonds is 8. The summed E-state index contributed by atoms with van der Waals surface area (Å²) in [5.74, 6) is 0.0942. The second kappa shape index (κ2) is 10.1. The fourth-order valence-electron chi connectivity index (χ4n) is 3.68. The lowest BCUT2D eigenvalue weighted by molar-refractivity contribution is -0.0494. The van der Waals surface area contributed by atoms with E-state index in [1.165, 1.54) is 41.3 Å². The summed E-state index contributed by atoms with van der Waals surface area (Å²) in [5, 5.41) is 22.4. The number of carbonyl (C=O) groups excluding carboxylic acids is 1. The van der Waals surface area contributed by atoms with Crippen LogP contribution in [0.5, 0.6) is 17.2 Å². The van der Waals surface area contributed by atoms with E-state index in [1.807, 2.05) is 0 Å². The Kier molecular flexibility index (Phi) is 6.41. The average molecular weight is 501 g/mol. The van der Waals surface area contributed by atoms with Gasteiger partial charge in [-0.15, -0.1) is 0 Å². The van der Waals surface area contributed by atoms with Gasteiger partial charge in [0.15, 0.2) is 5.65 Å². The molecule has 0 atom stereocenters. The molecule has 1 amide bonds. The minimum Gasteiger partial charge on any atom is -0.457 e. The van der Waals surface area contributed by atoms with Gasteiger partial charge in [-0.25, -0.2) is 9.50 Å². The molecule has 0 fully saturated rings. The lowest BCUT2D eigenvalue weighted by atomic mass is 10.1. The van der Waals surface area contributed by atoms with Crippen LogP contribution < -0.4 is 14.8 Å². The molecule has 0 radical (unpaired) electrons. The molecule has 184 valence electrons. The number of ether oxygens (including phenoxy) is 2. The molecule has 2 aromatic carbocycles. The van der Waals surface area contributed by atoms with Crippen molar-refractivity contribution in [3.8, 4) is 34.6 Å². The Labute approximate surface area is 208 Å². The van der Waals surface area contributed by atoms with Crippen molar-refractivity contribution in [2.75, 3.05) is 5.32 Å². The minimum absolute atomic E-state index is 0.155. The van der Waals surface area contributed by atoms with E-state index >= 15 is 0 Å². The zero-order chi connectivity index (χ0) is 25.8. The van der Waals surface area contributed by atoms with Crippen molar-refractivity contribution in [2.45, 2.75) is 13.0 Å². The van der Waals surface area contributed by atoms with E-state index in [0.717, 1.165) is 5.56 Å². The first-order valence-corrected chi connectivity index (χ1v) is 10.9. The maximum atomic E-state index is 13.2. The fourth-order valence-corrected chi connectivity index (χ4v) is 3.68. The number of carbonyl (C=O) groups is 1. The first-order valence-electron chi connectivity index (χ1n) is 10.9. The van der Waals surface area contributed by atoms with E-state index < -0.39 is 12.5 Å². The molecule has 2 N–H and O–H groups in total. The molecule has 0 unspecified atom stereocenters. The molecule has 0 bridgehead atoms. The Balaban J connectivity index is 1.47. The Morgan fingerprint density at radius 3 is 2.86 bits per heavy atom. The highest BCUT2D eigenvalue weighted by Gasteiger charge is 2.21. The van der Waals surface area contributed by atoms with Crippen molar-refractivity contribution in [1.29, 1.82) is 5.26 Å². The third kappa shape index (κ3) is 5.06. The van der Waals surface area contributed by atoms with Crippen LogP contribution in [0.15, 0.2) is 73.3 Å². The van der Waals surface area contributed by atoms with E-state index in [0.29, 0.717) is 17.1 Å². The number of amides is 1. The summed E-state index contributed by atoms with van der Waals surface area (Å²) in [6.45, 7) is -3.08. The normalized spacial score (nSPS) is 10.9. The number of fused-ring (bicyclic) bond motifs is 1. The number of alkyl halides is 2. The van der Waals surface area contributed by atoms with Gasteiger partial charge in [0, 0.05) is 18.0 Å². The molecule has 12 heteroatoms. The third-order valence-electron chi connectivity index (χ3n) is 5.27. The van der Waals surface area contributed by atoms with Gasteiger partial charge < -0.3 is 14.8 Å². The molecular weight excluding hydrogens is 484 g/mol. The predicted octanol–water partition coefficient (Wildman–Crippen LogP) is 4.83. The molecule has 0 aliphatic heterocycles. The molecular formula is C25H17F2N7O3. The summed E-state index contributed by atoms with van der Waals surface area (Å²) >= 11 is 0. The molecule has 5 rings (SSSR count). The van der Waals surface area contributed by atoms with Crippen molar-refractivity contribution in [3.63, 3.8) is 0 Å². The van der Waals surface area contributed by atoms with E-state index in [4.69, 9.17) is 14.7 Å². The largest absolute Gasteiger partial charge is 0.457 e. The van der Waals surface area contributed by atoms with Crippen LogP contribution in [-0.4, -0.2) is 37.3 Å². The van der Waals surface area contributed by atoms with Gasteiger partial charge in [-0.3, -0.25) is 9.89 Å². The van der Waals surface area contributed by atoms with Gasteiger partial charge in [-0.2, -0.15) is 24.2 Å². The maximum Gasteiger partial charge on any atom is 0.387 e. The monoisotopic (exact) mass is 501 g/mol. The minimum atomic E-state index is -3.08. The van der Waals surface area contributed by atoms with E-state index in [1.54, 1.807) is 36.5 Å². The van der Waals surface area contributed by atoms with E-state index in [9.17, 15) is 13.6 Å². The quantitative estimate of drug-likeness (QED) is 0.311. The zero-order valence-electron chi connectivity index (χ0n) is 18.9. The zero-order valence-corrected chi connectivity index (χ0v) is 18.9. The summed E-state index contributed by atoms with van der Waals surface area (Å²) in [5.41, 5.74) is 1.94. The fraction of sp³-hybridized carbons (Fsp3) is 0.0800. The number of nitriles is 1. The van der Waals surface area contributed by atoms with Crippen LogP contribution in [0, 0.1) is 11.3 Å². The highest BCUT2D eigenvalue weighted by molar-refractivity contribution is 6.09. The number of benzene rings is 2. The molecule has 0 saturated carbocycles. The van der Waals surface area contributed by atoms with Gasteiger partial charge in [0.1, 0.15) is 22.8 Å². The first kappa shape index (κ1) is 23.4. The molecule has 3 aromatic heterocycles. The van der Waals surface area contributed by atoms with Crippen LogP contribution in [0.3, 0.4) is 0 Å². The SMILES string of the molecule is N#CCc1cccc(Oc2ccc(OC(F)F)c(-c3[nH]ncc3NC(=O)c3cnn4cccnc34)c2)c1. The number of nitrogens with zero attached hydrogens (tertiary/aromatic N) is 5. The number of aromatic nitrogens is 5. The summed E-state index contributed by atoms with van der Waals surface area (Å²) < 4.78 is 38.4. The predicted molar refractivity (Wildman–Crippen MR) is 127 cm³/mol. The lowest BCUT2D eigenvalue weighted by Gasteiger charge is -2.14. The molecule has 0 aliphatic carbocycles. The molecule has 0 spiro atoms. The Morgan fingerprint density at radius 2 is 2.03 bits per heavy atom. The number of hydrogen-bond donors (Lipinski definition) is 2. The smallest absolute Gasteiger partial charge is 0.387 e. The van der Waals surface area contributed by atoms with Crippen LogP contribution in [0.1, 0.15) is 15.9 Å². The van der Waals surface area contributed by atoms with Crippen LogP contribution in [-0.2, 0) is 6.42 Å². The summed E-state index contributed by atoms with van der Waals surface area (Å²) in [4.78, 5) is 17.1. The number of aromatic amines is 1. The maximum absolute atomic E-state index is 13.2. The number of nitrogens with one attached hydrogen (secondary N) is 2. The van der Waals surface area contributed by atoms with Crippen LogP contribution in [0.4, 0.5) is 14.5 Å². The summed E-state index contributed by atoms with van der Waals surface area (Å²) in [6, 6.07) is 15.0. The van der Waals surface area contributed by atoms with Crippen molar-refractivity contribution >= 4 is 17.2 Å². The molecule has 3 heterocycles. The highest BCUT2D eigenvalue weighted by atomic mass is 19.3. The highest BCUT2D eigenvalue weighted by Crippen LogP contribution is 2.38. The number of halogens is 2. The summed E-state index contributed by atoms with van der Waals surface area (Å²) in [7, 11) is 0. The third-order valence-corrected chi connectivity index (χ3v) is 5.27. The van der Waals surface area contributed by atoms with Crippen molar-refractivity contribution in [3.05, 3.63) is 84.4 Å². The van der Waals surface area contributed by atoms with Gasteiger partial charge in [-0.05, 0) is 42.0 Å². The van der Waals surface area contributed by atoms with Crippen molar-refractivity contribution in [2.24, 2.45) is 0 Å². The van der Waals surface area contributed by atoms with Crippen LogP contribution in [0.25, 0.3) is 16.9 Å². The van der Waals surface area contributed by atoms with Gasteiger partial charge in [0.25, 0.3) is 5.91 Å². The molecule has 5 aromatic rings. The second-order valence-electron chi connectivity index (χ2n) is 7.68. The lowest BCUT2D eigenvalue weighted by Crippen LogP contribution is -2.12. The number of anilines is 1. The standard InChI is InChI=1S/C25H17F2N7O3/c26-25(27)37-21-6-5-17(36-16-4-1-3-15(11-16)7-8-28)12-18(21)22-20(14-30-33-22)32-24(35)19-13-31-34-10-2-9-29-23(19)34/h1-6,9-14,25H,7H2,(H,30,33)(H,32,35). The summed E-state index contributed by atoms with van der Waals surface area (Å²) in [6.07, 6.45) is 6.11. The Morgan fingerprint density at radius 1 is 1.16 bits per heavy atom. The van der Waals surface area contributed by atoms with Crippen LogP contribution in [0.2, 0.25) is 0 Å². The van der Waals surface area contributed by atoms with Gasteiger partial charge in [-0.1, -0.05) is 12.1 Å². The first-order chi connectivity index (χ1) is 18.0. The molecule has 37 heavy (non-hydrogen) atoms. The molecule has 10 nitrogen and oxygen atoms in total. The van der Waals surface area contributed by atoms with Gasteiger partial charge in [0.2, 0.25) is 0 Å². The number of H-pyrrole nitrogens is 1. The molecule has 0 saturated heterocycles. The van der Waals surface area contributed by atoms with E-state index in [2.05, 4.69) is 31.7 Å². The van der Waals surface area contributed by atoms with Crippen molar-refractivity contribution < 1.29 is 23.0 Å². The second-order valence-corrected chi connectivity index (χ2v) is 7.68. The molecule has 0 aliphatic rings. The van der Waals surface area contributed by atoms with Crippen LogP contribution >= 0.6 is 0 Å². The van der Waals surface area contributed by atoms with Crippen molar-refractivity contribution in [1.82, 2.24) is 24.8 Å². The van der Waals surface area contributed by atoms with Gasteiger partial charge >= 0.3 is 6.61 Å². The van der Waals surface area contributed by atoms with Gasteiger partial charge in [0.05, 0.1) is 36.3 Å². The topological polar surface area (TPSA) is 130 Å². The number of hydrogen-bond acceptors (Lipinski definition) is 7.